The van der Waals surface area contributed by atoms with Crippen molar-refractivity contribution in [2.24, 2.45) is 17.6 Å². The molecular weight excluding hydrogens is 299 g/mol. The summed E-state index contributed by atoms with van der Waals surface area (Å²) in [4.78, 5) is 11.7. The number of nitrogens with one attached hydrogen (secondary N) is 1. The summed E-state index contributed by atoms with van der Waals surface area (Å²) in [5.41, 5.74) is 8.17. The summed E-state index contributed by atoms with van der Waals surface area (Å²) in [6.07, 6.45) is 6.79. The summed E-state index contributed by atoms with van der Waals surface area (Å²) in [5.74, 6) is -0.335. The van der Waals surface area contributed by atoms with Crippen molar-refractivity contribution in [1.29, 1.82) is 0 Å². The second-order valence-electron chi connectivity index (χ2n) is 7.77. The Kier molecular flexibility index (Phi) is 5.31. The number of fused-ring (bicyclic) bond motifs is 1. The minimum Gasteiger partial charge on any atom is -0.480 e. The molecule has 0 amide bonds. The van der Waals surface area contributed by atoms with E-state index in [1.807, 2.05) is 0 Å². The molecule has 0 aliphatic heterocycles. The quantitative estimate of drug-likeness (QED) is 0.661. The fourth-order valence-corrected chi connectivity index (χ4v) is 4.62. The van der Waals surface area contributed by atoms with Crippen LogP contribution in [-0.2, 0) is 17.6 Å². The number of hydrogen-bond acceptors (Lipinski definition) is 3. The summed E-state index contributed by atoms with van der Waals surface area (Å²) in [6.45, 7) is 0.882. The lowest BCUT2D eigenvalue weighted by Gasteiger charge is -2.26. The summed E-state index contributed by atoms with van der Waals surface area (Å²) < 4.78 is 0. The van der Waals surface area contributed by atoms with Crippen molar-refractivity contribution in [3.05, 3.63) is 35.4 Å². The predicted octanol–water partition coefficient (Wildman–Crippen LogP) is 1.38. The Bertz CT molecular complexity index is 569. The number of rotatable bonds is 7. The van der Waals surface area contributed by atoms with Gasteiger partial charge in [0.05, 0.1) is 0 Å². The number of benzene rings is 1. The van der Waals surface area contributed by atoms with Crippen LogP contribution in [0, 0.1) is 11.8 Å². The minimum absolute atomic E-state index is 0.113. The molecule has 0 unspecified atom stereocenters. The highest BCUT2D eigenvalue weighted by Crippen LogP contribution is 2.41. The Balaban J connectivity index is 1.54. The van der Waals surface area contributed by atoms with E-state index in [2.05, 4.69) is 37.4 Å². The van der Waals surface area contributed by atoms with Gasteiger partial charge in [-0.1, -0.05) is 37.0 Å². The minimum atomic E-state index is -1.03. The van der Waals surface area contributed by atoms with Crippen molar-refractivity contribution in [1.82, 2.24) is 5.32 Å². The lowest BCUT2D eigenvalue weighted by molar-refractivity contribution is -0.145. The topological polar surface area (TPSA) is 75.3 Å². The first-order valence-corrected chi connectivity index (χ1v) is 9.35. The maximum Gasteiger partial charge on any atom is 0.323 e. The summed E-state index contributed by atoms with van der Waals surface area (Å²) in [7, 11) is 2.14. The molecule has 2 aliphatic rings. The van der Waals surface area contributed by atoms with Gasteiger partial charge in [-0.2, -0.15) is 0 Å². The molecule has 2 aliphatic carbocycles. The number of carbonyl (C=O) groups is 1. The van der Waals surface area contributed by atoms with Gasteiger partial charge in [0.2, 0.25) is 0 Å². The van der Waals surface area contributed by atoms with Gasteiger partial charge in [-0.05, 0) is 61.6 Å². The Morgan fingerprint density at radius 1 is 1.33 bits per heavy atom. The van der Waals surface area contributed by atoms with Gasteiger partial charge >= 0.3 is 5.97 Å². The normalized spacial score (nSPS) is 29.7. The van der Waals surface area contributed by atoms with Crippen LogP contribution in [-0.4, -0.2) is 37.0 Å². The Morgan fingerprint density at radius 3 is 2.58 bits per heavy atom. The van der Waals surface area contributed by atoms with Crippen LogP contribution in [0.4, 0.5) is 0 Å². The van der Waals surface area contributed by atoms with Crippen LogP contribution in [0.5, 0.6) is 0 Å². The van der Waals surface area contributed by atoms with Crippen LogP contribution < -0.4 is 11.1 Å². The fourth-order valence-electron chi connectivity index (χ4n) is 4.62. The standard InChI is InChI=1S/C19H29BN2O2/c20-7-3-6-16-8-13(11-19(16,21)18(23)24)12-22-17-9-14-4-1-2-5-15(14)10-17/h1-2,4-5,13,16-17,22H,3,6-12,20-21H2,(H,23,24)/t13-,16-,19-/m0/s1. The molecule has 0 aromatic heterocycles. The van der Waals surface area contributed by atoms with E-state index in [9.17, 15) is 9.90 Å². The third-order valence-electron chi connectivity index (χ3n) is 6.02. The van der Waals surface area contributed by atoms with Crippen molar-refractivity contribution in [2.45, 2.75) is 56.4 Å². The number of carboxylic acid groups (broad SMARTS) is 1. The molecule has 4 N–H and O–H groups in total. The fraction of sp³-hybridized carbons (Fsp3) is 0.632. The molecule has 24 heavy (non-hydrogen) atoms. The van der Waals surface area contributed by atoms with Crippen molar-refractivity contribution in [3.63, 3.8) is 0 Å². The summed E-state index contributed by atoms with van der Waals surface area (Å²) in [5, 5.41) is 13.3. The molecule has 4 nitrogen and oxygen atoms in total. The highest BCUT2D eigenvalue weighted by atomic mass is 16.4. The van der Waals surface area contributed by atoms with Crippen molar-refractivity contribution < 1.29 is 9.90 Å². The molecule has 1 saturated carbocycles. The van der Waals surface area contributed by atoms with Crippen LogP contribution in [0.25, 0.3) is 0 Å². The molecule has 0 bridgehead atoms. The maximum absolute atomic E-state index is 11.7. The van der Waals surface area contributed by atoms with Gasteiger partial charge in [-0.15, -0.1) is 0 Å². The van der Waals surface area contributed by atoms with Gasteiger partial charge in [-0.3, -0.25) is 4.79 Å². The smallest absolute Gasteiger partial charge is 0.323 e. The van der Waals surface area contributed by atoms with E-state index in [1.165, 1.54) is 11.1 Å². The molecule has 5 heteroatoms. The van der Waals surface area contributed by atoms with E-state index in [0.717, 1.165) is 45.0 Å². The van der Waals surface area contributed by atoms with E-state index in [-0.39, 0.29) is 5.92 Å². The molecule has 1 aromatic carbocycles. The van der Waals surface area contributed by atoms with Crippen molar-refractivity contribution >= 4 is 13.8 Å². The van der Waals surface area contributed by atoms with Gasteiger partial charge in [0.1, 0.15) is 13.4 Å². The number of hydrogen-bond donors (Lipinski definition) is 3. The van der Waals surface area contributed by atoms with Gasteiger partial charge in [0, 0.05) is 6.04 Å². The second-order valence-corrected chi connectivity index (χ2v) is 7.77. The summed E-state index contributed by atoms with van der Waals surface area (Å²) >= 11 is 0. The van der Waals surface area contributed by atoms with Gasteiger partial charge in [0.15, 0.2) is 0 Å². The summed E-state index contributed by atoms with van der Waals surface area (Å²) in [6, 6.07) is 9.11. The monoisotopic (exact) mass is 328 g/mol. The molecule has 0 radical (unpaired) electrons. The molecule has 0 saturated heterocycles. The first-order chi connectivity index (χ1) is 11.5. The van der Waals surface area contributed by atoms with Crippen LogP contribution >= 0.6 is 0 Å². The Labute approximate surface area is 145 Å². The van der Waals surface area contributed by atoms with Gasteiger partial charge in [-0.25, -0.2) is 0 Å². The highest BCUT2D eigenvalue weighted by molar-refractivity contribution is 6.08. The van der Waals surface area contributed by atoms with Crippen LogP contribution in [0.3, 0.4) is 0 Å². The van der Waals surface area contributed by atoms with Gasteiger partial charge in [0.25, 0.3) is 0 Å². The first kappa shape index (κ1) is 17.5. The predicted molar refractivity (Wildman–Crippen MR) is 99.0 cm³/mol. The van der Waals surface area contributed by atoms with E-state index in [1.54, 1.807) is 0 Å². The first-order valence-electron chi connectivity index (χ1n) is 9.35. The van der Waals surface area contributed by atoms with E-state index in [4.69, 9.17) is 5.73 Å². The van der Waals surface area contributed by atoms with E-state index in [0.29, 0.717) is 18.4 Å². The number of carboxylic acids is 1. The highest BCUT2D eigenvalue weighted by Gasteiger charge is 2.49. The average Bonchev–Trinajstić information content (AvgIpc) is 3.12. The third-order valence-corrected chi connectivity index (χ3v) is 6.02. The molecule has 3 atom stereocenters. The molecule has 1 fully saturated rings. The van der Waals surface area contributed by atoms with Crippen molar-refractivity contribution in [3.8, 4) is 0 Å². The lowest BCUT2D eigenvalue weighted by Crippen LogP contribution is -2.51. The number of nitrogens with two attached hydrogens (primary N) is 1. The van der Waals surface area contributed by atoms with E-state index >= 15 is 0 Å². The maximum atomic E-state index is 11.7. The zero-order valence-corrected chi connectivity index (χ0v) is 14.6. The van der Waals surface area contributed by atoms with Crippen LogP contribution in [0.1, 0.15) is 36.8 Å². The van der Waals surface area contributed by atoms with Crippen molar-refractivity contribution in [2.75, 3.05) is 6.54 Å². The second kappa shape index (κ2) is 7.28. The molecular formula is C19H29BN2O2. The van der Waals surface area contributed by atoms with Gasteiger partial charge < -0.3 is 16.2 Å². The molecule has 0 spiro atoms. The lowest BCUT2D eigenvalue weighted by atomic mass is 9.83. The SMILES string of the molecule is BCCC[C@H]1C[C@H](CNC2Cc3ccccc3C2)C[C@@]1(N)C(=O)O. The molecule has 1 aromatic rings. The molecule has 3 rings (SSSR count). The molecule has 130 valence electrons. The zero-order valence-electron chi connectivity index (χ0n) is 14.6. The van der Waals surface area contributed by atoms with E-state index < -0.39 is 11.5 Å². The largest absolute Gasteiger partial charge is 0.480 e. The molecule has 0 heterocycles. The van der Waals surface area contributed by atoms with Crippen LogP contribution in [0.15, 0.2) is 24.3 Å². The Morgan fingerprint density at radius 2 is 2.00 bits per heavy atom. The van der Waals surface area contributed by atoms with Crippen LogP contribution in [0.2, 0.25) is 6.32 Å². The zero-order chi connectivity index (χ0) is 17.2. The average molecular weight is 328 g/mol. The Hall–Kier alpha value is -1.33. The third kappa shape index (κ3) is 3.52. The number of aliphatic carboxylic acids is 1.